The Morgan fingerprint density at radius 2 is 1.87 bits per heavy atom. The minimum Gasteiger partial charge on any atom is -0.347 e. The van der Waals surface area contributed by atoms with E-state index in [1.54, 1.807) is 10.9 Å². The van der Waals surface area contributed by atoms with Crippen LogP contribution < -0.4 is 5.32 Å². The van der Waals surface area contributed by atoms with Crippen molar-refractivity contribution in [1.29, 1.82) is 0 Å². The molecule has 0 aromatic carbocycles. The van der Waals surface area contributed by atoms with Gasteiger partial charge < -0.3 is 5.32 Å². The highest BCUT2D eigenvalue weighted by Gasteiger charge is 2.54. The number of nitrogens with zero attached hydrogens (tertiary/aromatic N) is 2. The number of nitrogens with one attached hydrogen (secondary N) is 1. The molecule has 4 nitrogen and oxygen atoms in total. The molecule has 1 aromatic heterocycles. The molecule has 1 aromatic rings. The predicted molar refractivity (Wildman–Crippen MR) is 90.1 cm³/mol. The number of aromatic nitrogens is 2. The zero-order valence-corrected chi connectivity index (χ0v) is 14.4. The van der Waals surface area contributed by atoms with Gasteiger partial charge in [0.05, 0.1) is 0 Å². The van der Waals surface area contributed by atoms with Gasteiger partial charge in [-0.05, 0) is 81.1 Å². The molecule has 4 aliphatic carbocycles. The molecular formula is C19H29N3O. The van der Waals surface area contributed by atoms with Gasteiger partial charge in [-0.25, -0.2) is 0 Å². The lowest BCUT2D eigenvalue weighted by Crippen LogP contribution is -2.56. The first-order valence-electron chi connectivity index (χ1n) is 9.46. The number of aryl methyl sites for hydroxylation is 1. The van der Waals surface area contributed by atoms with Crippen LogP contribution in [0.25, 0.3) is 0 Å². The molecule has 4 bridgehead atoms. The first-order chi connectivity index (χ1) is 11.1. The van der Waals surface area contributed by atoms with E-state index in [2.05, 4.69) is 17.3 Å². The smallest absolute Gasteiger partial charge is 0.269 e. The van der Waals surface area contributed by atoms with Crippen LogP contribution in [-0.4, -0.2) is 21.7 Å². The van der Waals surface area contributed by atoms with Crippen LogP contribution in [0.3, 0.4) is 0 Å². The Hall–Kier alpha value is -1.32. The van der Waals surface area contributed by atoms with Gasteiger partial charge in [-0.1, -0.05) is 6.92 Å². The summed E-state index contributed by atoms with van der Waals surface area (Å²) in [4.78, 5) is 12.8. The summed E-state index contributed by atoms with van der Waals surface area (Å²) in [6.45, 7) is 5.00. The summed E-state index contributed by atoms with van der Waals surface area (Å²) in [6.07, 6.45) is 11.1. The molecular weight excluding hydrogens is 286 g/mol. The largest absolute Gasteiger partial charge is 0.347 e. The highest BCUT2D eigenvalue weighted by atomic mass is 16.2. The van der Waals surface area contributed by atoms with Crippen LogP contribution in [0, 0.1) is 23.2 Å². The van der Waals surface area contributed by atoms with Gasteiger partial charge in [-0.15, -0.1) is 0 Å². The van der Waals surface area contributed by atoms with E-state index in [0.717, 1.165) is 30.7 Å². The van der Waals surface area contributed by atoms with Crippen LogP contribution in [0.2, 0.25) is 0 Å². The standard InChI is InChI=1S/C19H29N3O/c1-3-17(21-18(23)16-5-6-20-22(16)4-2)19-10-13-7-14(11-19)9-15(8-13)12-19/h5-6,13-15,17H,3-4,7-12H2,1-2H3,(H,21,23). The number of amides is 1. The molecule has 23 heavy (non-hydrogen) atoms. The maximum Gasteiger partial charge on any atom is 0.269 e. The SMILES string of the molecule is CCC(NC(=O)c1ccnn1CC)C12CC3CC(CC(C3)C1)C2. The van der Waals surface area contributed by atoms with E-state index in [1.165, 1.54) is 38.5 Å². The van der Waals surface area contributed by atoms with E-state index in [-0.39, 0.29) is 5.91 Å². The van der Waals surface area contributed by atoms with Crippen LogP contribution in [-0.2, 0) is 6.54 Å². The molecule has 1 heterocycles. The number of hydrogen-bond acceptors (Lipinski definition) is 2. The highest BCUT2D eigenvalue weighted by Crippen LogP contribution is 2.61. The molecule has 1 amide bonds. The van der Waals surface area contributed by atoms with Crippen LogP contribution in [0.1, 0.15) is 69.3 Å². The zero-order valence-electron chi connectivity index (χ0n) is 14.4. The Bertz CT molecular complexity index is 556. The second-order valence-electron chi connectivity index (χ2n) is 8.25. The molecule has 0 saturated heterocycles. The summed E-state index contributed by atoms with van der Waals surface area (Å²) in [6, 6.07) is 2.16. The van der Waals surface area contributed by atoms with Crippen molar-refractivity contribution in [3.63, 3.8) is 0 Å². The van der Waals surface area contributed by atoms with E-state index in [9.17, 15) is 4.79 Å². The third-order valence-corrected chi connectivity index (χ3v) is 6.79. The van der Waals surface area contributed by atoms with Crippen molar-refractivity contribution in [2.24, 2.45) is 23.2 Å². The maximum absolute atomic E-state index is 12.8. The van der Waals surface area contributed by atoms with Crippen LogP contribution >= 0.6 is 0 Å². The first-order valence-corrected chi connectivity index (χ1v) is 9.46. The third kappa shape index (κ3) is 2.50. The van der Waals surface area contributed by atoms with Gasteiger partial charge in [0.25, 0.3) is 5.91 Å². The number of hydrogen-bond donors (Lipinski definition) is 1. The van der Waals surface area contributed by atoms with Crippen molar-refractivity contribution < 1.29 is 4.79 Å². The molecule has 5 rings (SSSR count). The number of carbonyl (C=O) groups excluding carboxylic acids is 1. The van der Waals surface area contributed by atoms with Crippen molar-refractivity contribution in [3.05, 3.63) is 18.0 Å². The van der Waals surface area contributed by atoms with Gasteiger partial charge in [-0.3, -0.25) is 9.48 Å². The van der Waals surface area contributed by atoms with Crippen molar-refractivity contribution >= 4 is 5.91 Å². The molecule has 0 radical (unpaired) electrons. The van der Waals surface area contributed by atoms with Gasteiger partial charge in [0.1, 0.15) is 5.69 Å². The molecule has 126 valence electrons. The van der Waals surface area contributed by atoms with Crippen molar-refractivity contribution in [2.75, 3.05) is 0 Å². The predicted octanol–water partition coefficient (Wildman–Crippen LogP) is 3.63. The number of rotatable bonds is 5. The monoisotopic (exact) mass is 315 g/mol. The third-order valence-electron chi connectivity index (χ3n) is 6.79. The molecule has 0 spiro atoms. The Labute approximate surface area is 139 Å². The lowest BCUT2D eigenvalue weighted by Gasteiger charge is -2.59. The van der Waals surface area contributed by atoms with Crippen molar-refractivity contribution in [2.45, 2.75) is 71.4 Å². The molecule has 4 aliphatic rings. The average Bonchev–Trinajstić information content (AvgIpc) is 2.99. The zero-order chi connectivity index (χ0) is 16.0. The van der Waals surface area contributed by atoms with Crippen molar-refractivity contribution in [3.8, 4) is 0 Å². The summed E-state index contributed by atoms with van der Waals surface area (Å²) in [5.74, 6) is 2.84. The van der Waals surface area contributed by atoms with E-state index in [1.807, 2.05) is 13.0 Å². The van der Waals surface area contributed by atoms with E-state index in [4.69, 9.17) is 0 Å². The fourth-order valence-corrected chi connectivity index (χ4v) is 6.30. The summed E-state index contributed by atoms with van der Waals surface area (Å²) in [5.41, 5.74) is 1.08. The molecule has 4 fully saturated rings. The highest BCUT2D eigenvalue weighted by molar-refractivity contribution is 5.92. The molecule has 0 aliphatic heterocycles. The molecule has 4 saturated carbocycles. The summed E-state index contributed by atoms with van der Waals surface area (Å²) >= 11 is 0. The first kappa shape index (κ1) is 15.2. The molecule has 4 heteroatoms. The van der Waals surface area contributed by atoms with Gasteiger partial charge in [0, 0.05) is 18.8 Å². The minimum atomic E-state index is 0.0620. The van der Waals surface area contributed by atoms with Crippen LogP contribution in [0.4, 0.5) is 0 Å². The van der Waals surface area contributed by atoms with Gasteiger partial charge in [-0.2, -0.15) is 5.10 Å². The second-order valence-corrected chi connectivity index (χ2v) is 8.25. The second kappa shape index (κ2) is 5.64. The Kier molecular flexibility index (Phi) is 3.73. The van der Waals surface area contributed by atoms with Gasteiger partial charge >= 0.3 is 0 Å². The van der Waals surface area contributed by atoms with Gasteiger partial charge in [0.15, 0.2) is 0 Å². The van der Waals surface area contributed by atoms with Gasteiger partial charge in [0.2, 0.25) is 0 Å². The summed E-state index contributed by atoms with van der Waals surface area (Å²) < 4.78 is 1.79. The fraction of sp³-hybridized carbons (Fsp3) is 0.789. The maximum atomic E-state index is 12.8. The molecule has 1 atom stereocenters. The topological polar surface area (TPSA) is 46.9 Å². The molecule has 1 N–H and O–H groups in total. The summed E-state index contributed by atoms with van der Waals surface area (Å²) in [7, 11) is 0. The molecule has 1 unspecified atom stereocenters. The fourth-order valence-electron chi connectivity index (χ4n) is 6.30. The van der Waals surface area contributed by atoms with Crippen molar-refractivity contribution in [1.82, 2.24) is 15.1 Å². The lowest BCUT2D eigenvalue weighted by molar-refractivity contribution is -0.0727. The Morgan fingerprint density at radius 1 is 1.26 bits per heavy atom. The van der Waals surface area contributed by atoms with E-state index in [0.29, 0.717) is 17.2 Å². The minimum absolute atomic E-state index is 0.0620. The number of carbonyl (C=O) groups is 1. The van der Waals surface area contributed by atoms with Crippen LogP contribution in [0.15, 0.2) is 12.3 Å². The normalized spacial score (nSPS) is 36.2. The Morgan fingerprint density at radius 3 is 2.39 bits per heavy atom. The summed E-state index contributed by atoms with van der Waals surface area (Å²) in [5, 5.41) is 7.64. The average molecular weight is 315 g/mol. The lowest BCUT2D eigenvalue weighted by atomic mass is 9.47. The quantitative estimate of drug-likeness (QED) is 0.902. The van der Waals surface area contributed by atoms with E-state index < -0.39 is 0 Å². The van der Waals surface area contributed by atoms with E-state index >= 15 is 0 Å². The van der Waals surface area contributed by atoms with Crippen LogP contribution in [0.5, 0.6) is 0 Å². The Balaban J connectivity index is 1.54.